The highest BCUT2D eigenvalue weighted by atomic mass is 16.3. The van der Waals surface area contributed by atoms with Crippen LogP contribution < -0.4 is 5.32 Å². The normalized spacial score (nSPS) is 25.2. The van der Waals surface area contributed by atoms with Crippen molar-refractivity contribution in [2.75, 3.05) is 13.1 Å². The molecule has 0 saturated heterocycles. The predicted molar refractivity (Wildman–Crippen MR) is 80.0 cm³/mol. The van der Waals surface area contributed by atoms with Crippen molar-refractivity contribution in [3.8, 4) is 0 Å². The van der Waals surface area contributed by atoms with Crippen LogP contribution in [-0.2, 0) is 0 Å². The number of benzene rings is 1. The molecule has 1 atom stereocenters. The maximum atomic E-state index is 10.1. The first-order chi connectivity index (χ1) is 9.29. The van der Waals surface area contributed by atoms with Crippen LogP contribution in [0.4, 0.5) is 0 Å². The van der Waals surface area contributed by atoms with Crippen molar-refractivity contribution in [3.63, 3.8) is 0 Å². The first-order valence-corrected chi connectivity index (χ1v) is 7.73. The Morgan fingerprint density at radius 1 is 1.11 bits per heavy atom. The third kappa shape index (κ3) is 4.63. The molecule has 1 unspecified atom stereocenters. The fraction of sp³-hybridized carbons (Fsp3) is 0.647. The molecule has 0 heterocycles. The Balaban J connectivity index is 1.64. The summed E-state index contributed by atoms with van der Waals surface area (Å²) < 4.78 is 0. The van der Waals surface area contributed by atoms with Crippen molar-refractivity contribution in [1.29, 1.82) is 0 Å². The molecule has 1 fully saturated rings. The molecule has 1 saturated carbocycles. The molecule has 2 rings (SSSR count). The van der Waals surface area contributed by atoms with E-state index in [-0.39, 0.29) is 6.10 Å². The summed E-state index contributed by atoms with van der Waals surface area (Å²) in [6, 6.07) is 9.91. The van der Waals surface area contributed by atoms with Gasteiger partial charge in [0.2, 0.25) is 0 Å². The highest BCUT2D eigenvalue weighted by Gasteiger charge is 2.19. The molecule has 19 heavy (non-hydrogen) atoms. The molecule has 106 valence electrons. The number of nitrogens with one attached hydrogen (secondary N) is 1. The Kier molecular flexibility index (Phi) is 5.87. The summed E-state index contributed by atoms with van der Waals surface area (Å²) >= 11 is 0. The van der Waals surface area contributed by atoms with Gasteiger partial charge in [-0.15, -0.1) is 0 Å². The smallest absolute Gasteiger partial charge is 0.0914 e. The minimum absolute atomic E-state index is 0.381. The summed E-state index contributed by atoms with van der Waals surface area (Å²) in [5.41, 5.74) is 1.00. The Bertz CT molecular complexity index is 344. The van der Waals surface area contributed by atoms with Crippen LogP contribution in [-0.4, -0.2) is 18.2 Å². The van der Waals surface area contributed by atoms with Gasteiger partial charge in [-0.1, -0.05) is 56.5 Å². The lowest BCUT2D eigenvalue weighted by Gasteiger charge is -2.28. The third-order valence-electron chi connectivity index (χ3n) is 4.50. The quantitative estimate of drug-likeness (QED) is 0.821. The van der Waals surface area contributed by atoms with Crippen molar-refractivity contribution in [1.82, 2.24) is 5.32 Å². The zero-order valence-corrected chi connectivity index (χ0v) is 12.0. The molecule has 1 aromatic carbocycles. The number of hydrogen-bond acceptors (Lipinski definition) is 2. The van der Waals surface area contributed by atoms with E-state index in [4.69, 9.17) is 0 Å². The van der Waals surface area contributed by atoms with Crippen LogP contribution in [0, 0.1) is 11.8 Å². The lowest BCUT2D eigenvalue weighted by Crippen LogP contribution is -2.29. The standard InChI is InChI=1S/C17H27NO/c1-2-14-8-10-15(11-9-14)12-18-13-17(19)16-6-4-3-5-7-16/h3-7,14-15,17-19H,2,8-13H2,1H3. The van der Waals surface area contributed by atoms with Gasteiger partial charge >= 0.3 is 0 Å². The summed E-state index contributed by atoms with van der Waals surface area (Å²) in [6.07, 6.45) is 6.45. The van der Waals surface area contributed by atoms with Gasteiger partial charge in [0.1, 0.15) is 0 Å². The fourth-order valence-electron chi connectivity index (χ4n) is 3.06. The van der Waals surface area contributed by atoms with Gasteiger partial charge in [0.15, 0.2) is 0 Å². The average Bonchev–Trinajstić information content (AvgIpc) is 2.49. The molecular weight excluding hydrogens is 234 g/mol. The van der Waals surface area contributed by atoms with Gasteiger partial charge in [0.05, 0.1) is 6.10 Å². The lowest BCUT2D eigenvalue weighted by molar-refractivity contribution is 0.168. The SMILES string of the molecule is CCC1CCC(CNCC(O)c2ccccc2)CC1. The van der Waals surface area contributed by atoms with E-state index in [1.807, 2.05) is 30.3 Å². The average molecular weight is 261 g/mol. The van der Waals surface area contributed by atoms with E-state index in [1.54, 1.807) is 0 Å². The largest absolute Gasteiger partial charge is 0.387 e. The highest BCUT2D eigenvalue weighted by molar-refractivity contribution is 5.17. The minimum atomic E-state index is -0.381. The summed E-state index contributed by atoms with van der Waals surface area (Å²) in [5.74, 6) is 1.77. The maximum absolute atomic E-state index is 10.1. The molecule has 2 N–H and O–H groups in total. The van der Waals surface area contributed by atoms with Crippen LogP contribution in [0.1, 0.15) is 50.7 Å². The van der Waals surface area contributed by atoms with E-state index in [1.165, 1.54) is 32.1 Å². The Labute approximate surface area is 117 Å². The predicted octanol–water partition coefficient (Wildman–Crippen LogP) is 3.53. The summed E-state index contributed by atoms with van der Waals surface area (Å²) in [5, 5.41) is 13.5. The molecule has 0 aliphatic heterocycles. The van der Waals surface area contributed by atoms with Gasteiger partial charge < -0.3 is 10.4 Å². The Hall–Kier alpha value is -0.860. The summed E-state index contributed by atoms with van der Waals surface area (Å²) in [7, 11) is 0. The summed E-state index contributed by atoms with van der Waals surface area (Å²) in [4.78, 5) is 0. The molecule has 2 heteroatoms. The molecule has 0 bridgehead atoms. The molecule has 1 aliphatic carbocycles. The molecule has 2 nitrogen and oxygen atoms in total. The molecule has 0 aromatic heterocycles. The van der Waals surface area contributed by atoms with Crippen molar-refractivity contribution in [2.45, 2.75) is 45.1 Å². The Morgan fingerprint density at radius 2 is 1.74 bits per heavy atom. The number of aliphatic hydroxyl groups is 1. The van der Waals surface area contributed by atoms with Gasteiger partial charge in [-0.3, -0.25) is 0 Å². The van der Waals surface area contributed by atoms with Crippen LogP contribution in [0.2, 0.25) is 0 Å². The van der Waals surface area contributed by atoms with Crippen molar-refractivity contribution in [3.05, 3.63) is 35.9 Å². The van der Waals surface area contributed by atoms with Gasteiger partial charge in [-0.05, 0) is 36.8 Å². The van der Waals surface area contributed by atoms with E-state index in [2.05, 4.69) is 12.2 Å². The fourth-order valence-corrected chi connectivity index (χ4v) is 3.06. The lowest BCUT2D eigenvalue weighted by atomic mass is 9.81. The van der Waals surface area contributed by atoms with E-state index >= 15 is 0 Å². The number of rotatable bonds is 6. The maximum Gasteiger partial charge on any atom is 0.0914 e. The second kappa shape index (κ2) is 7.66. The van der Waals surface area contributed by atoms with Crippen molar-refractivity contribution >= 4 is 0 Å². The highest BCUT2D eigenvalue weighted by Crippen LogP contribution is 2.30. The number of aliphatic hydroxyl groups excluding tert-OH is 1. The number of hydrogen-bond donors (Lipinski definition) is 2. The van der Waals surface area contributed by atoms with Crippen LogP contribution in [0.5, 0.6) is 0 Å². The van der Waals surface area contributed by atoms with Gasteiger partial charge in [-0.25, -0.2) is 0 Å². The van der Waals surface area contributed by atoms with Gasteiger partial charge in [0.25, 0.3) is 0 Å². The van der Waals surface area contributed by atoms with E-state index in [0.29, 0.717) is 6.54 Å². The molecule has 1 aliphatic rings. The van der Waals surface area contributed by atoms with Crippen LogP contribution in [0.15, 0.2) is 30.3 Å². The topological polar surface area (TPSA) is 32.3 Å². The molecule has 0 radical (unpaired) electrons. The summed E-state index contributed by atoms with van der Waals surface area (Å²) in [6.45, 7) is 4.03. The molecule has 0 amide bonds. The minimum Gasteiger partial charge on any atom is -0.387 e. The second-order valence-electron chi connectivity index (χ2n) is 5.88. The van der Waals surface area contributed by atoms with Gasteiger partial charge in [-0.2, -0.15) is 0 Å². The first-order valence-electron chi connectivity index (χ1n) is 7.73. The monoisotopic (exact) mass is 261 g/mol. The van der Waals surface area contributed by atoms with Crippen LogP contribution >= 0.6 is 0 Å². The molecule has 0 spiro atoms. The second-order valence-corrected chi connectivity index (χ2v) is 5.88. The zero-order chi connectivity index (χ0) is 13.5. The van der Waals surface area contributed by atoms with Crippen molar-refractivity contribution < 1.29 is 5.11 Å². The van der Waals surface area contributed by atoms with Crippen LogP contribution in [0.25, 0.3) is 0 Å². The third-order valence-corrected chi connectivity index (χ3v) is 4.50. The van der Waals surface area contributed by atoms with E-state index < -0.39 is 0 Å². The van der Waals surface area contributed by atoms with Crippen molar-refractivity contribution in [2.24, 2.45) is 11.8 Å². The molecular formula is C17H27NO. The van der Waals surface area contributed by atoms with Crippen LogP contribution in [0.3, 0.4) is 0 Å². The van der Waals surface area contributed by atoms with E-state index in [9.17, 15) is 5.11 Å². The van der Waals surface area contributed by atoms with Gasteiger partial charge in [0, 0.05) is 6.54 Å². The molecule has 1 aromatic rings. The first kappa shape index (κ1) is 14.5. The zero-order valence-electron chi connectivity index (χ0n) is 12.0. The van der Waals surface area contributed by atoms with E-state index in [0.717, 1.165) is 23.9 Å². The Morgan fingerprint density at radius 3 is 2.37 bits per heavy atom.